The minimum Gasteiger partial charge on any atom is -0.377 e. The Morgan fingerprint density at radius 3 is 2.71 bits per heavy atom. The zero-order chi connectivity index (χ0) is 16.4. The first-order valence-corrected chi connectivity index (χ1v) is 8.52. The van der Waals surface area contributed by atoms with E-state index in [1.807, 2.05) is 18.2 Å². The number of benzene rings is 1. The summed E-state index contributed by atoms with van der Waals surface area (Å²) in [6.45, 7) is 4.46. The van der Waals surface area contributed by atoms with Crippen LogP contribution in [-0.4, -0.2) is 47.9 Å². The molecule has 1 fully saturated rings. The molecule has 0 unspecified atom stereocenters. The van der Waals surface area contributed by atoms with E-state index in [9.17, 15) is 4.39 Å². The standard InChI is InChI=1S/C19H22FN3O/c20-16-5-3-15(4-6-16)17-11-23(10-14-2-1-9-24-13-14)12-18(17)19-7-8-21-22-19/h2-8,17-18H,1,9-13H2,(H,21,22)/t17-,18+/m0/s1. The van der Waals surface area contributed by atoms with Gasteiger partial charge in [0.1, 0.15) is 5.82 Å². The molecule has 4 nitrogen and oxygen atoms in total. The van der Waals surface area contributed by atoms with Crippen molar-refractivity contribution in [2.24, 2.45) is 0 Å². The number of aromatic amines is 1. The highest BCUT2D eigenvalue weighted by atomic mass is 19.1. The Hall–Kier alpha value is -1.98. The fourth-order valence-electron chi connectivity index (χ4n) is 3.86. The van der Waals surface area contributed by atoms with E-state index in [1.54, 1.807) is 18.3 Å². The summed E-state index contributed by atoms with van der Waals surface area (Å²) in [5.74, 6) is 0.510. The Bertz CT molecular complexity index is 696. The average Bonchev–Trinajstić information content (AvgIpc) is 3.26. The number of ether oxygens (including phenoxy) is 1. The van der Waals surface area contributed by atoms with Gasteiger partial charge in [-0.05, 0) is 35.8 Å². The largest absolute Gasteiger partial charge is 0.377 e. The van der Waals surface area contributed by atoms with Crippen LogP contribution in [0.2, 0.25) is 0 Å². The van der Waals surface area contributed by atoms with Gasteiger partial charge in [0.05, 0.1) is 13.2 Å². The number of likely N-dealkylation sites (tertiary alicyclic amines) is 1. The number of halogens is 1. The molecule has 5 heteroatoms. The Labute approximate surface area is 141 Å². The van der Waals surface area contributed by atoms with E-state index >= 15 is 0 Å². The molecule has 2 aromatic rings. The highest BCUT2D eigenvalue weighted by Crippen LogP contribution is 2.39. The first-order chi connectivity index (χ1) is 11.8. The van der Waals surface area contributed by atoms with Crippen molar-refractivity contribution >= 4 is 0 Å². The quantitative estimate of drug-likeness (QED) is 0.878. The second-order valence-electron chi connectivity index (χ2n) is 6.67. The number of rotatable bonds is 4. The van der Waals surface area contributed by atoms with E-state index in [4.69, 9.17) is 4.74 Å². The molecule has 1 saturated heterocycles. The summed E-state index contributed by atoms with van der Waals surface area (Å²) < 4.78 is 18.8. The maximum absolute atomic E-state index is 13.3. The van der Waals surface area contributed by atoms with E-state index in [0.29, 0.717) is 11.8 Å². The predicted molar refractivity (Wildman–Crippen MR) is 90.4 cm³/mol. The van der Waals surface area contributed by atoms with Crippen LogP contribution >= 0.6 is 0 Å². The number of nitrogens with one attached hydrogen (secondary N) is 1. The van der Waals surface area contributed by atoms with Crippen LogP contribution in [-0.2, 0) is 4.74 Å². The van der Waals surface area contributed by atoms with Crippen LogP contribution < -0.4 is 0 Å². The highest BCUT2D eigenvalue weighted by molar-refractivity contribution is 5.28. The fraction of sp³-hybridized carbons (Fsp3) is 0.421. The van der Waals surface area contributed by atoms with Gasteiger partial charge in [-0.3, -0.25) is 10.00 Å². The fourth-order valence-corrected chi connectivity index (χ4v) is 3.86. The van der Waals surface area contributed by atoms with Gasteiger partial charge in [-0.15, -0.1) is 0 Å². The molecular formula is C19H22FN3O. The van der Waals surface area contributed by atoms with Crippen molar-refractivity contribution in [2.45, 2.75) is 18.3 Å². The van der Waals surface area contributed by atoms with Gasteiger partial charge < -0.3 is 4.74 Å². The van der Waals surface area contributed by atoms with Gasteiger partial charge in [0, 0.05) is 43.4 Å². The third-order valence-corrected chi connectivity index (χ3v) is 5.02. The molecule has 2 aliphatic rings. The van der Waals surface area contributed by atoms with E-state index in [-0.39, 0.29) is 5.82 Å². The zero-order valence-electron chi connectivity index (χ0n) is 13.6. The second kappa shape index (κ2) is 6.87. The third kappa shape index (κ3) is 3.28. The lowest BCUT2D eigenvalue weighted by Gasteiger charge is -2.20. The predicted octanol–water partition coefficient (Wildman–Crippen LogP) is 3.08. The van der Waals surface area contributed by atoms with Crippen molar-refractivity contribution in [1.29, 1.82) is 0 Å². The summed E-state index contributed by atoms with van der Waals surface area (Å²) in [6.07, 6.45) is 5.12. The van der Waals surface area contributed by atoms with Crippen LogP contribution in [0.25, 0.3) is 0 Å². The van der Waals surface area contributed by atoms with E-state index < -0.39 is 0 Å². The van der Waals surface area contributed by atoms with Gasteiger partial charge in [0.15, 0.2) is 0 Å². The Morgan fingerprint density at radius 2 is 2.00 bits per heavy atom. The molecule has 24 heavy (non-hydrogen) atoms. The Morgan fingerprint density at radius 1 is 1.17 bits per heavy atom. The van der Waals surface area contributed by atoms with Crippen molar-refractivity contribution in [2.75, 3.05) is 32.8 Å². The maximum atomic E-state index is 13.3. The molecule has 0 aliphatic carbocycles. The molecule has 0 saturated carbocycles. The highest BCUT2D eigenvalue weighted by Gasteiger charge is 2.35. The van der Waals surface area contributed by atoms with Crippen LogP contribution in [0, 0.1) is 5.82 Å². The molecule has 0 radical (unpaired) electrons. The van der Waals surface area contributed by atoms with Crippen LogP contribution in [0.4, 0.5) is 4.39 Å². The number of hydrogen-bond acceptors (Lipinski definition) is 3. The Kier molecular flexibility index (Phi) is 4.45. The van der Waals surface area contributed by atoms with Crippen LogP contribution in [0.15, 0.2) is 48.2 Å². The summed E-state index contributed by atoms with van der Waals surface area (Å²) in [7, 11) is 0. The molecule has 1 aromatic carbocycles. The minimum absolute atomic E-state index is 0.184. The number of hydrogen-bond donors (Lipinski definition) is 1. The summed E-state index contributed by atoms with van der Waals surface area (Å²) in [5.41, 5.74) is 3.71. The SMILES string of the molecule is Fc1ccc([C@@H]2CN(CC3=CCCOC3)C[C@H]2c2ccn[nH]2)cc1. The Balaban J connectivity index is 1.55. The lowest BCUT2D eigenvalue weighted by Crippen LogP contribution is -2.26. The number of nitrogens with zero attached hydrogens (tertiary/aromatic N) is 2. The monoisotopic (exact) mass is 327 g/mol. The summed E-state index contributed by atoms with van der Waals surface area (Å²) in [4.78, 5) is 2.47. The molecule has 2 aliphatic heterocycles. The molecule has 0 bridgehead atoms. The summed E-state index contributed by atoms with van der Waals surface area (Å²) >= 11 is 0. The van der Waals surface area contributed by atoms with E-state index in [2.05, 4.69) is 21.2 Å². The van der Waals surface area contributed by atoms with Crippen molar-refractivity contribution in [1.82, 2.24) is 15.1 Å². The lowest BCUT2D eigenvalue weighted by molar-refractivity contribution is 0.143. The van der Waals surface area contributed by atoms with Crippen molar-refractivity contribution < 1.29 is 9.13 Å². The third-order valence-electron chi connectivity index (χ3n) is 5.02. The van der Waals surface area contributed by atoms with Gasteiger partial charge in [0.2, 0.25) is 0 Å². The molecule has 2 atom stereocenters. The van der Waals surface area contributed by atoms with E-state index in [0.717, 1.165) is 45.0 Å². The topological polar surface area (TPSA) is 41.1 Å². The summed E-state index contributed by atoms with van der Waals surface area (Å²) in [6, 6.07) is 8.98. The first-order valence-electron chi connectivity index (χ1n) is 8.52. The molecule has 4 rings (SSSR count). The average molecular weight is 327 g/mol. The molecular weight excluding hydrogens is 305 g/mol. The van der Waals surface area contributed by atoms with Gasteiger partial charge in [-0.25, -0.2) is 4.39 Å². The van der Waals surface area contributed by atoms with E-state index in [1.165, 1.54) is 11.1 Å². The molecule has 3 heterocycles. The van der Waals surface area contributed by atoms with Crippen molar-refractivity contribution in [3.05, 3.63) is 65.3 Å². The van der Waals surface area contributed by atoms with Gasteiger partial charge in [-0.2, -0.15) is 5.10 Å². The molecule has 0 spiro atoms. The van der Waals surface area contributed by atoms with Gasteiger partial charge >= 0.3 is 0 Å². The van der Waals surface area contributed by atoms with Crippen molar-refractivity contribution in [3.8, 4) is 0 Å². The minimum atomic E-state index is -0.184. The normalized spacial score (nSPS) is 25.0. The molecule has 1 aromatic heterocycles. The molecule has 0 amide bonds. The first kappa shape index (κ1) is 15.5. The number of aromatic nitrogens is 2. The number of H-pyrrole nitrogens is 1. The van der Waals surface area contributed by atoms with Gasteiger partial charge in [-0.1, -0.05) is 18.2 Å². The smallest absolute Gasteiger partial charge is 0.123 e. The molecule has 1 N–H and O–H groups in total. The second-order valence-corrected chi connectivity index (χ2v) is 6.67. The van der Waals surface area contributed by atoms with Crippen LogP contribution in [0.3, 0.4) is 0 Å². The maximum Gasteiger partial charge on any atom is 0.123 e. The van der Waals surface area contributed by atoms with Crippen molar-refractivity contribution in [3.63, 3.8) is 0 Å². The van der Waals surface area contributed by atoms with Crippen LogP contribution in [0.1, 0.15) is 29.5 Å². The molecule has 126 valence electrons. The van der Waals surface area contributed by atoms with Crippen LogP contribution in [0.5, 0.6) is 0 Å². The lowest BCUT2D eigenvalue weighted by atomic mass is 9.87. The zero-order valence-corrected chi connectivity index (χ0v) is 13.6. The summed E-state index contributed by atoms with van der Waals surface area (Å²) in [5, 5.41) is 7.24. The van der Waals surface area contributed by atoms with Gasteiger partial charge in [0.25, 0.3) is 0 Å².